The van der Waals surface area contributed by atoms with Crippen molar-refractivity contribution in [3.63, 3.8) is 0 Å². The van der Waals surface area contributed by atoms with Crippen LogP contribution in [0.1, 0.15) is 24.3 Å². The molecule has 0 fully saturated rings. The van der Waals surface area contributed by atoms with Crippen LogP contribution < -0.4 is 16.0 Å². The lowest BCUT2D eigenvalue weighted by Crippen LogP contribution is -2.41. The summed E-state index contributed by atoms with van der Waals surface area (Å²) < 4.78 is 4.69. The molecule has 0 spiro atoms. The van der Waals surface area contributed by atoms with Gasteiger partial charge in [-0.1, -0.05) is 0 Å². The molecule has 1 rings (SSSR count). The lowest BCUT2D eigenvalue weighted by molar-refractivity contribution is -0.123. The standard InChI is InChI=1S/C11H14N4O5S/c1-3-12-10(19)15-8(17)4-20-9(18)7-5-21-11(14-7)13-6(2)16/h5H,3-4H2,1-2H3,(H,13,14,16)(H2,12,15,17,19). The first-order valence-electron chi connectivity index (χ1n) is 5.90. The van der Waals surface area contributed by atoms with Gasteiger partial charge in [0.15, 0.2) is 17.4 Å². The van der Waals surface area contributed by atoms with Crippen LogP contribution in [0, 0.1) is 0 Å². The molecule has 0 aliphatic carbocycles. The van der Waals surface area contributed by atoms with Gasteiger partial charge in [0.25, 0.3) is 5.91 Å². The van der Waals surface area contributed by atoms with Crippen LogP contribution in [0.4, 0.5) is 9.93 Å². The number of nitrogens with one attached hydrogen (secondary N) is 3. The summed E-state index contributed by atoms with van der Waals surface area (Å²) in [5.74, 6) is -1.90. The van der Waals surface area contributed by atoms with Gasteiger partial charge >= 0.3 is 12.0 Å². The molecule has 0 aromatic carbocycles. The molecule has 0 bridgehead atoms. The Morgan fingerprint density at radius 3 is 2.67 bits per heavy atom. The molecule has 0 saturated carbocycles. The maximum absolute atomic E-state index is 11.6. The number of thiazole rings is 1. The third kappa shape index (κ3) is 5.99. The SMILES string of the molecule is CCNC(=O)NC(=O)COC(=O)c1csc(NC(C)=O)n1. The molecular formula is C11H14N4O5S. The van der Waals surface area contributed by atoms with E-state index in [0.717, 1.165) is 11.3 Å². The fourth-order valence-corrected chi connectivity index (χ4v) is 1.87. The Kier molecular flexibility index (Phi) is 6.27. The largest absolute Gasteiger partial charge is 0.451 e. The zero-order valence-electron chi connectivity index (χ0n) is 11.4. The van der Waals surface area contributed by atoms with Crippen LogP contribution in [0.5, 0.6) is 0 Å². The summed E-state index contributed by atoms with van der Waals surface area (Å²) in [6.07, 6.45) is 0. The molecule has 0 radical (unpaired) electrons. The third-order valence-corrected chi connectivity index (χ3v) is 2.68. The highest BCUT2D eigenvalue weighted by Gasteiger charge is 2.15. The number of carbonyl (C=O) groups is 4. The molecule has 0 saturated heterocycles. The van der Waals surface area contributed by atoms with E-state index < -0.39 is 24.5 Å². The fourth-order valence-electron chi connectivity index (χ4n) is 1.15. The lowest BCUT2D eigenvalue weighted by Gasteiger charge is -2.04. The highest BCUT2D eigenvalue weighted by Crippen LogP contribution is 2.15. The van der Waals surface area contributed by atoms with Crippen LogP contribution >= 0.6 is 11.3 Å². The van der Waals surface area contributed by atoms with Gasteiger partial charge in [-0.15, -0.1) is 11.3 Å². The first kappa shape index (κ1) is 16.6. The summed E-state index contributed by atoms with van der Waals surface area (Å²) in [5.41, 5.74) is -0.0328. The fraction of sp³-hybridized carbons (Fsp3) is 0.364. The van der Waals surface area contributed by atoms with Gasteiger partial charge in [0.1, 0.15) is 0 Å². The minimum absolute atomic E-state index is 0.0328. The zero-order chi connectivity index (χ0) is 15.8. The first-order valence-corrected chi connectivity index (χ1v) is 6.78. The highest BCUT2D eigenvalue weighted by molar-refractivity contribution is 7.14. The minimum Gasteiger partial charge on any atom is -0.451 e. The summed E-state index contributed by atoms with van der Waals surface area (Å²) in [5, 5.41) is 8.38. The predicted octanol–water partition coefficient (Wildman–Crippen LogP) is 0.104. The number of rotatable bonds is 5. The number of imide groups is 1. The Bertz CT molecular complexity index is 557. The molecule has 0 unspecified atom stereocenters. The van der Waals surface area contributed by atoms with Crippen LogP contribution in [0.2, 0.25) is 0 Å². The number of aromatic nitrogens is 1. The molecule has 1 heterocycles. The average Bonchev–Trinajstić information content (AvgIpc) is 2.83. The van der Waals surface area contributed by atoms with Crippen LogP contribution in [-0.2, 0) is 14.3 Å². The zero-order valence-corrected chi connectivity index (χ0v) is 12.2. The van der Waals surface area contributed by atoms with E-state index >= 15 is 0 Å². The Balaban J connectivity index is 2.43. The van der Waals surface area contributed by atoms with Crippen molar-refractivity contribution in [3.05, 3.63) is 11.1 Å². The normalized spacial score (nSPS) is 9.62. The van der Waals surface area contributed by atoms with Crippen molar-refractivity contribution in [1.29, 1.82) is 0 Å². The number of amides is 4. The number of hydrogen-bond donors (Lipinski definition) is 3. The van der Waals surface area contributed by atoms with E-state index in [1.807, 2.05) is 5.32 Å². The molecule has 9 nitrogen and oxygen atoms in total. The predicted molar refractivity (Wildman–Crippen MR) is 73.9 cm³/mol. The number of ether oxygens (including phenoxy) is 1. The highest BCUT2D eigenvalue weighted by atomic mass is 32.1. The van der Waals surface area contributed by atoms with E-state index in [2.05, 4.69) is 20.4 Å². The minimum atomic E-state index is -0.825. The molecule has 114 valence electrons. The van der Waals surface area contributed by atoms with Gasteiger partial charge in [0.05, 0.1) is 0 Å². The van der Waals surface area contributed by atoms with E-state index in [9.17, 15) is 19.2 Å². The second-order valence-electron chi connectivity index (χ2n) is 3.70. The Hall–Kier alpha value is -2.49. The Morgan fingerprint density at radius 2 is 2.05 bits per heavy atom. The molecule has 1 aromatic rings. The van der Waals surface area contributed by atoms with E-state index in [0.29, 0.717) is 6.54 Å². The maximum atomic E-state index is 11.6. The van der Waals surface area contributed by atoms with Crippen molar-refractivity contribution in [2.24, 2.45) is 0 Å². The van der Waals surface area contributed by atoms with Gasteiger partial charge in [-0.3, -0.25) is 14.9 Å². The molecule has 21 heavy (non-hydrogen) atoms. The van der Waals surface area contributed by atoms with Crippen molar-refractivity contribution in [2.75, 3.05) is 18.5 Å². The molecular weight excluding hydrogens is 300 g/mol. The van der Waals surface area contributed by atoms with Gasteiger partial charge in [0, 0.05) is 18.8 Å². The van der Waals surface area contributed by atoms with Crippen molar-refractivity contribution in [3.8, 4) is 0 Å². The molecule has 3 N–H and O–H groups in total. The van der Waals surface area contributed by atoms with Crippen LogP contribution in [0.3, 0.4) is 0 Å². The van der Waals surface area contributed by atoms with Gasteiger partial charge in [0.2, 0.25) is 5.91 Å². The average molecular weight is 314 g/mol. The summed E-state index contributed by atoms with van der Waals surface area (Å²) in [4.78, 5) is 48.6. The molecule has 1 aromatic heterocycles. The number of esters is 1. The lowest BCUT2D eigenvalue weighted by atomic mass is 10.5. The maximum Gasteiger partial charge on any atom is 0.358 e. The summed E-state index contributed by atoms with van der Waals surface area (Å²) >= 11 is 1.05. The number of anilines is 1. The molecule has 10 heteroatoms. The van der Waals surface area contributed by atoms with Crippen LogP contribution in [-0.4, -0.2) is 42.0 Å². The smallest absolute Gasteiger partial charge is 0.358 e. The molecule has 4 amide bonds. The Labute approximate surface area is 124 Å². The van der Waals surface area contributed by atoms with Crippen LogP contribution in [0.25, 0.3) is 0 Å². The van der Waals surface area contributed by atoms with Gasteiger partial charge in [-0.2, -0.15) is 0 Å². The second-order valence-corrected chi connectivity index (χ2v) is 4.56. The van der Waals surface area contributed by atoms with Gasteiger partial charge in [-0.25, -0.2) is 14.6 Å². The van der Waals surface area contributed by atoms with Gasteiger partial charge < -0.3 is 15.4 Å². The monoisotopic (exact) mass is 314 g/mol. The van der Waals surface area contributed by atoms with Crippen molar-refractivity contribution >= 4 is 40.3 Å². The summed E-state index contributed by atoms with van der Waals surface area (Å²) in [7, 11) is 0. The third-order valence-electron chi connectivity index (χ3n) is 1.92. The quantitative estimate of drug-likeness (QED) is 0.662. The summed E-state index contributed by atoms with van der Waals surface area (Å²) in [6.45, 7) is 2.76. The first-order chi connectivity index (χ1) is 9.92. The van der Waals surface area contributed by atoms with E-state index in [1.165, 1.54) is 12.3 Å². The van der Waals surface area contributed by atoms with E-state index in [-0.39, 0.29) is 16.7 Å². The van der Waals surface area contributed by atoms with Crippen molar-refractivity contribution in [2.45, 2.75) is 13.8 Å². The molecule has 0 aliphatic rings. The summed E-state index contributed by atoms with van der Waals surface area (Å²) in [6, 6.07) is -0.667. The van der Waals surface area contributed by atoms with Crippen LogP contribution in [0.15, 0.2) is 5.38 Å². The second kappa shape index (κ2) is 7.94. The van der Waals surface area contributed by atoms with Crippen molar-refractivity contribution < 1.29 is 23.9 Å². The molecule has 0 atom stereocenters. The Morgan fingerprint density at radius 1 is 1.33 bits per heavy atom. The van der Waals surface area contributed by atoms with E-state index in [4.69, 9.17) is 0 Å². The topological polar surface area (TPSA) is 126 Å². The molecule has 0 aliphatic heterocycles. The number of carbonyl (C=O) groups excluding carboxylic acids is 4. The van der Waals surface area contributed by atoms with Crippen molar-refractivity contribution in [1.82, 2.24) is 15.6 Å². The number of nitrogens with zero attached hydrogens (tertiary/aromatic N) is 1. The van der Waals surface area contributed by atoms with E-state index in [1.54, 1.807) is 6.92 Å². The number of hydrogen-bond acceptors (Lipinski definition) is 7. The number of urea groups is 1. The van der Waals surface area contributed by atoms with Gasteiger partial charge in [-0.05, 0) is 6.92 Å².